The second-order valence-corrected chi connectivity index (χ2v) is 7.93. The minimum absolute atomic E-state index is 0.0311. The van der Waals surface area contributed by atoms with Crippen LogP contribution >= 0.6 is 0 Å². The Morgan fingerprint density at radius 3 is 1.76 bits per heavy atom. The molecule has 182 valence electrons. The summed E-state index contributed by atoms with van der Waals surface area (Å²) in [6.45, 7) is 5.08. The molecule has 0 aliphatic carbocycles. The molecule has 1 fully saturated rings. The molecule has 11 heteroatoms. The molecule has 3 rings (SSSR count). The van der Waals surface area contributed by atoms with Crippen LogP contribution in [0, 0.1) is 10.8 Å². The summed E-state index contributed by atoms with van der Waals surface area (Å²) in [4.78, 5) is 7.53. The number of allylic oxidation sites excluding steroid dienone is 1. The number of hydrogen-bond donors (Lipinski definition) is 2. The van der Waals surface area contributed by atoms with E-state index in [9.17, 15) is 26.3 Å². The first-order valence-corrected chi connectivity index (χ1v) is 10.3. The molecule has 2 N–H and O–H groups in total. The first-order valence-electron chi connectivity index (χ1n) is 10.3. The average Bonchev–Trinajstić information content (AvgIpc) is 2.81. The Morgan fingerprint density at radius 1 is 0.765 bits per heavy atom. The summed E-state index contributed by atoms with van der Waals surface area (Å²) >= 11 is 0. The highest BCUT2D eigenvalue weighted by molar-refractivity contribution is 6.14. The van der Waals surface area contributed by atoms with Crippen molar-refractivity contribution >= 4 is 17.4 Å². The molecule has 2 aromatic rings. The predicted molar refractivity (Wildman–Crippen MR) is 117 cm³/mol. The van der Waals surface area contributed by atoms with Crippen LogP contribution in [0.25, 0.3) is 0 Å². The van der Waals surface area contributed by atoms with Crippen LogP contribution in [0.3, 0.4) is 0 Å². The number of nitrogens with zero attached hydrogens (tertiary/aromatic N) is 3. The van der Waals surface area contributed by atoms with Crippen molar-refractivity contribution in [3.05, 3.63) is 70.4 Å². The number of piperazine rings is 1. The first kappa shape index (κ1) is 25.3. The highest BCUT2D eigenvalue weighted by Gasteiger charge is 2.32. The smallest absolute Gasteiger partial charge is 0.353 e. The Bertz CT molecular complexity index is 1080. The number of pyridine rings is 1. The van der Waals surface area contributed by atoms with Gasteiger partial charge in [0.1, 0.15) is 11.7 Å². The van der Waals surface area contributed by atoms with Crippen molar-refractivity contribution in [1.82, 2.24) is 9.88 Å². The fraction of sp³-hybridized carbons (Fsp3) is 0.348. The summed E-state index contributed by atoms with van der Waals surface area (Å²) in [7, 11) is 0. The highest BCUT2D eigenvalue weighted by Crippen LogP contribution is 2.30. The van der Waals surface area contributed by atoms with E-state index >= 15 is 0 Å². The van der Waals surface area contributed by atoms with Crippen LogP contribution in [0.2, 0.25) is 0 Å². The Morgan fingerprint density at radius 2 is 1.29 bits per heavy atom. The van der Waals surface area contributed by atoms with Gasteiger partial charge in [0.05, 0.1) is 16.8 Å². The van der Waals surface area contributed by atoms with Crippen LogP contribution in [0.4, 0.5) is 32.2 Å². The van der Waals surface area contributed by atoms with Gasteiger partial charge in [0, 0.05) is 32.4 Å². The van der Waals surface area contributed by atoms with Crippen LogP contribution in [-0.4, -0.2) is 47.6 Å². The number of anilines is 1. The standard InChI is InChI=1S/C23H23F6N5/c1-14(20(30)16-3-5-17(6-4-16)22(24,25)26)15(2)21(31)34-11-9-33(10-12-34)19-8-7-18(13-32-19)23(27,28)29/h3-8,13,30-31H,9-12H2,1-2H3/b15-14-,30-20?,31-21?. The number of amidine groups is 1. The van der Waals surface area contributed by atoms with Gasteiger partial charge in [0.25, 0.3) is 0 Å². The van der Waals surface area contributed by atoms with Gasteiger partial charge in [-0.25, -0.2) is 4.98 Å². The monoisotopic (exact) mass is 483 g/mol. The lowest BCUT2D eigenvalue weighted by Crippen LogP contribution is -2.49. The van der Waals surface area contributed by atoms with Crippen molar-refractivity contribution in [3.63, 3.8) is 0 Å². The molecule has 0 unspecified atom stereocenters. The van der Waals surface area contributed by atoms with E-state index in [1.807, 2.05) is 4.90 Å². The minimum atomic E-state index is -4.46. The minimum Gasteiger partial charge on any atom is -0.353 e. The maximum atomic E-state index is 12.8. The summed E-state index contributed by atoms with van der Waals surface area (Å²) in [6, 6.07) is 6.63. The van der Waals surface area contributed by atoms with Gasteiger partial charge in [-0.2, -0.15) is 26.3 Å². The molecule has 34 heavy (non-hydrogen) atoms. The summed E-state index contributed by atoms with van der Waals surface area (Å²) < 4.78 is 76.5. The zero-order chi connectivity index (χ0) is 25.3. The zero-order valence-corrected chi connectivity index (χ0v) is 18.5. The molecule has 1 aromatic carbocycles. The van der Waals surface area contributed by atoms with Gasteiger partial charge in [0.2, 0.25) is 0 Å². The summed E-state index contributed by atoms with van der Waals surface area (Å²) in [5.41, 5.74) is -0.277. The third-order valence-corrected chi connectivity index (χ3v) is 5.79. The predicted octanol–water partition coefficient (Wildman–Crippen LogP) is 5.62. The second kappa shape index (κ2) is 9.47. The Kier molecular flexibility index (Phi) is 7.04. The third kappa shape index (κ3) is 5.57. The van der Waals surface area contributed by atoms with Crippen molar-refractivity contribution in [2.24, 2.45) is 0 Å². The average molecular weight is 483 g/mol. The molecule has 0 saturated carbocycles. The van der Waals surface area contributed by atoms with E-state index in [4.69, 9.17) is 10.8 Å². The SMILES string of the molecule is C/C(C(=N)c1ccc(C(F)(F)F)cc1)=C(\C)C(=N)N1CCN(c2ccc(C(F)(F)F)cn2)CC1. The number of alkyl halides is 6. The molecule has 1 aliphatic heterocycles. The Hall–Kier alpha value is -3.37. The first-order chi connectivity index (χ1) is 15.8. The van der Waals surface area contributed by atoms with Crippen molar-refractivity contribution in [2.75, 3.05) is 31.1 Å². The van der Waals surface area contributed by atoms with E-state index in [1.165, 1.54) is 18.2 Å². The quantitative estimate of drug-likeness (QED) is 0.337. The zero-order valence-electron chi connectivity index (χ0n) is 18.5. The molecule has 2 heterocycles. The Labute approximate surface area is 192 Å². The fourth-order valence-corrected chi connectivity index (χ4v) is 3.54. The number of rotatable bonds is 4. The van der Waals surface area contributed by atoms with Crippen LogP contribution in [0.1, 0.15) is 30.5 Å². The lowest BCUT2D eigenvalue weighted by Gasteiger charge is -2.37. The molecular formula is C23H23F6N5. The maximum Gasteiger partial charge on any atom is 0.417 e. The van der Waals surface area contributed by atoms with E-state index in [-0.39, 0.29) is 11.5 Å². The number of halogens is 6. The van der Waals surface area contributed by atoms with Gasteiger partial charge < -0.3 is 9.80 Å². The lowest BCUT2D eigenvalue weighted by molar-refractivity contribution is -0.138. The highest BCUT2D eigenvalue weighted by atomic mass is 19.4. The van der Waals surface area contributed by atoms with Gasteiger partial charge in [-0.3, -0.25) is 10.8 Å². The Balaban J connectivity index is 1.65. The van der Waals surface area contributed by atoms with Gasteiger partial charge in [-0.15, -0.1) is 0 Å². The fourth-order valence-electron chi connectivity index (χ4n) is 3.54. The molecule has 0 spiro atoms. The molecule has 0 radical (unpaired) electrons. The number of hydrogen-bond acceptors (Lipinski definition) is 4. The molecule has 0 amide bonds. The van der Waals surface area contributed by atoms with Crippen molar-refractivity contribution in [1.29, 1.82) is 10.8 Å². The van der Waals surface area contributed by atoms with Gasteiger partial charge in [-0.05, 0) is 54.8 Å². The molecule has 5 nitrogen and oxygen atoms in total. The van der Waals surface area contributed by atoms with Crippen molar-refractivity contribution < 1.29 is 26.3 Å². The van der Waals surface area contributed by atoms with E-state index in [1.54, 1.807) is 18.7 Å². The lowest BCUT2D eigenvalue weighted by atomic mass is 9.97. The number of nitrogens with one attached hydrogen (secondary N) is 2. The van der Waals surface area contributed by atoms with Crippen LogP contribution in [0.15, 0.2) is 53.7 Å². The largest absolute Gasteiger partial charge is 0.417 e. The summed E-state index contributed by atoms with van der Waals surface area (Å²) in [6.07, 6.45) is -8.11. The normalized spacial score (nSPS) is 15.8. The summed E-state index contributed by atoms with van der Waals surface area (Å²) in [5, 5.41) is 16.9. The topological polar surface area (TPSA) is 67.1 Å². The maximum absolute atomic E-state index is 12.8. The van der Waals surface area contributed by atoms with E-state index in [0.717, 1.165) is 24.4 Å². The van der Waals surface area contributed by atoms with Crippen molar-refractivity contribution in [2.45, 2.75) is 26.2 Å². The van der Waals surface area contributed by atoms with E-state index < -0.39 is 23.5 Å². The summed E-state index contributed by atoms with van der Waals surface area (Å²) in [5.74, 6) is 0.612. The molecule has 0 atom stereocenters. The van der Waals surface area contributed by atoms with Crippen molar-refractivity contribution in [3.8, 4) is 0 Å². The molecule has 1 aromatic heterocycles. The van der Waals surface area contributed by atoms with Gasteiger partial charge in [-0.1, -0.05) is 12.1 Å². The third-order valence-electron chi connectivity index (χ3n) is 5.79. The molecule has 1 aliphatic rings. The molecular weight excluding hydrogens is 460 g/mol. The van der Waals surface area contributed by atoms with Crippen LogP contribution in [0.5, 0.6) is 0 Å². The van der Waals surface area contributed by atoms with E-state index in [0.29, 0.717) is 48.7 Å². The van der Waals surface area contributed by atoms with Crippen LogP contribution < -0.4 is 4.90 Å². The van der Waals surface area contributed by atoms with Gasteiger partial charge >= 0.3 is 12.4 Å². The molecule has 0 bridgehead atoms. The van der Waals surface area contributed by atoms with E-state index in [2.05, 4.69) is 4.98 Å². The number of benzene rings is 1. The molecule has 1 saturated heterocycles. The van der Waals surface area contributed by atoms with Crippen LogP contribution in [-0.2, 0) is 12.4 Å². The number of aromatic nitrogens is 1. The van der Waals surface area contributed by atoms with Gasteiger partial charge in [0.15, 0.2) is 0 Å². The second-order valence-electron chi connectivity index (χ2n) is 7.93.